The molecule has 7 nitrogen and oxygen atoms in total. The Bertz CT molecular complexity index is 1550. The number of carbonyl (C=O) groups excluding carboxylic acids is 3. The number of benzene rings is 2. The van der Waals surface area contributed by atoms with E-state index in [1.165, 1.54) is 12.1 Å². The van der Waals surface area contributed by atoms with E-state index >= 15 is 0 Å². The van der Waals surface area contributed by atoms with Gasteiger partial charge in [-0.05, 0) is 72.4 Å². The molecule has 0 fully saturated rings. The average Bonchev–Trinajstić information content (AvgIpc) is 3.33. The van der Waals surface area contributed by atoms with Crippen molar-refractivity contribution in [2.45, 2.75) is 19.3 Å². The summed E-state index contributed by atoms with van der Waals surface area (Å²) < 4.78 is 20.3. The van der Waals surface area contributed by atoms with Gasteiger partial charge in [0.2, 0.25) is 0 Å². The molecule has 4 aromatic rings. The molecule has 8 heteroatoms. The summed E-state index contributed by atoms with van der Waals surface area (Å²) in [6.07, 6.45) is 5.82. The van der Waals surface area contributed by atoms with E-state index in [0.717, 1.165) is 29.5 Å². The van der Waals surface area contributed by atoms with Gasteiger partial charge in [0.25, 0.3) is 11.8 Å². The number of pyridine rings is 1. The van der Waals surface area contributed by atoms with Crippen molar-refractivity contribution in [3.8, 4) is 0 Å². The van der Waals surface area contributed by atoms with E-state index in [9.17, 15) is 18.8 Å². The number of imide groups is 1. The number of para-hydroxylation sites is 1. The summed E-state index contributed by atoms with van der Waals surface area (Å²) in [7, 11) is 1.69. The molecule has 0 radical (unpaired) electrons. The molecular weight excluding hydrogens is 473 g/mol. The van der Waals surface area contributed by atoms with Gasteiger partial charge in [-0.25, -0.2) is 14.2 Å². The highest BCUT2D eigenvalue weighted by Gasteiger charge is 2.26. The Hall–Kier alpha value is -4.59. The molecule has 2 aromatic carbocycles. The molecule has 2 heterocycles. The molecule has 186 valence electrons. The Morgan fingerprint density at radius 1 is 1.05 bits per heavy atom. The van der Waals surface area contributed by atoms with Crippen molar-refractivity contribution < 1.29 is 23.5 Å². The zero-order valence-electron chi connectivity index (χ0n) is 20.2. The van der Waals surface area contributed by atoms with Gasteiger partial charge in [0.1, 0.15) is 11.5 Å². The second kappa shape index (κ2) is 10.2. The standard InChI is InChI=1S/C29H24FN3O4/c1-33-15-5-10-24(33)28(35)32-25(34)17-37-29(36)26-21-7-2-3-9-23(21)31-27-19(6-4-8-22(26)27)16-18-11-13-20(30)14-12-18/h2-3,5,7,9-16H,4,6,8,17H2,1H3,(H,32,34,35)/b19-16+. The van der Waals surface area contributed by atoms with E-state index in [1.807, 2.05) is 24.3 Å². The number of halogens is 1. The first-order chi connectivity index (χ1) is 17.9. The predicted molar refractivity (Wildman–Crippen MR) is 137 cm³/mol. The smallest absolute Gasteiger partial charge is 0.339 e. The molecule has 1 N–H and O–H groups in total. The van der Waals surface area contributed by atoms with Gasteiger partial charge in [-0.1, -0.05) is 30.3 Å². The number of ether oxygens (including phenoxy) is 1. The zero-order chi connectivity index (χ0) is 25.9. The topological polar surface area (TPSA) is 90.3 Å². The molecule has 0 unspecified atom stereocenters. The lowest BCUT2D eigenvalue weighted by Crippen LogP contribution is -2.35. The highest BCUT2D eigenvalue weighted by Crippen LogP contribution is 2.36. The van der Waals surface area contributed by atoms with Crippen LogP contribution >= 0.6 is 0 Å². The predicted octanol–water partition coefficient (Wildman–Crippen LogP) is 4.70. The number of esters is 1. The number of aryl methyl sites for hydroxylation is 1. The van der Waals surface area contributed by atoms with E-state index in [-0.39, 0.29) is 5.82 Å². The van der Waals surface area contributed by atoms with Crippen LogP contribution in [0.25, 0.3) is 22.6 Å². The molecule has 1 aliphatic carbocycles. The maximum Gasteiger partial charge on any atom is 0.339 e. The highest BCUT2D eigenvalue weighted by atomic mass is 19.1. The van der Waals surface area contributed by atoms with Crippen LogP contribution in [0.1, 0.15) is 50.5 Å². The number of aromatic nitrogens is 2. The van der Waals surface area contributed by atoms with Crippen molar-refractivity contribution >= 4 is 40.3 Å². The maximum absolute atomic E-state index is 13.4. The van der Waals surface area contributed by atoms with Crippen LogP contribution in [0.5, 0.6) is 0 Å². The fraction of sp³-hybridized carbons (Fsp3) is 0.172. The third kappa shape index (κ3) is 5.04. The van der Waals surface area contributed by atoms with Crippen LogP contribution < -0.4 is 5.32 Å². The number of nitrogens with zero attached hydrogens (tertiary/aromatic N) is 2. The van der Waals surface area contributed by atoms with Crippen LogP contribution in [0.3, 0.4) is 0 Å². The summed E-state index contributed by atoms with van der Waals surface area (Å²) in [5.74, 6) is -2.26. The second-order valence-corrected chi connectivity index (χ2v) is 8.86. The van der Waals surface area contributed by atoms with Crippen LogP contribution in [-0.2, 0) is 23.0 Å². The maximum atomic E-state index is 13.4. The minimum absolute atomic E-state index is 0.310. The minimum Gasteiger partial charge on any atom is -0.452 e. The van der Waals surface area contributed by atoms with E-state index in [2.05, 4.69) is 5.32 Å². The first-order valence-corrected chi connectivity index (χ1v) is 11.9. The number of rotatable bonds is 5. The molecular formula is C29H24FN3O4. The molecule has 37 heavy (non-hydrogen) atoms. The number of allylic oxidation sites excluding steroid dienone is 1. The SMILES string of the molecule is Cn1cccc1C(=O)NC(=O)COC(=O)c1c2c(nc3ccccc13)/C(=C/c1ccc(F)cc1)CCC2. The largest absolute Gasteiger partial charge is 0.452 e. The van der Waals surface area contributed by atoms with Crippen molar-refractivity contribution in [3.63, 3.8) is 0 Å². The Labute approximate surface area is 212 Å². The minimum atomic E-state index is -0.719. The average molecular weight is 498 g/mol. The van der Waals surface area contributed by atoms with E-state index in [0.29, 0.717) is 34.3 Å². The van der Waals surface area contributed by atoms with E-state index in [1.54, 1.807) is 48.1 Å². The second-order valence-electron chi connectivity index (χ2n) is 8.86. The molecule has 0 aliphatic heterocycles. The molecule has 0 atom stereocenters. The van der Waals surface area contributed by atoms with Crippen molar-refractivity contribution in [2.24, 2.45) is 7.05 Å². The molecule has 5 rings (SSSR count). The molecule has 0 saturated heterocycles. The first-order valence-electron chi connectivity index (χ1n) is 11.9. The molecule has 0 saturated carbocycles. The Morgan fingerprint density at radius 2 is 1.84 bits per heavy atom. The summed E-state index contributed by atoms with van der Waals surface area (Å²) >= 11 is 0. The van der Waals surface area contributed by atoms with Crippen LogP contribution in [0.15, 0.2) is 66.9 Å². The monoisotopic (exact) mass is 497 g/mol. The molecule has 2 aromatic heterocycles. The number of fused-ring (bicyclic) bond motifs is 2. The highest BCUT2D eigenvalue weighted by molar-refractivity contribution is 6.08. The van der Waals surface area contributed by atoms with Gasteiger partial charge in [0, 0.05) is 18.6 Å². The summed E-state index contributed by atoms with van der Waals surface area (Å²) in [5.41, 5.74) is 4.54. The van der Waals surface area contributed by atoms with Crippen LogP contribution in [-0.4, -0.2) is 33.9 Å². The molecule has 2 amide bonds. The van der Waals surface area contributed by atoms with E-state index in [4.69, 9.17) is 9.72 Å². The van der Waals surface area contributed by atoms with Crippen LogP contribution in [0.4, 0.5) is 4.39 Å². The number of hydrogen-bond acceptors (Lipinski definition) is 5. The molecule has 0 spiro atoms. The Balaban J connectivity index is 1.43. The fourth-order valence-electron chi connectivity index (χ4n) is 4.60. The summed E-state index contributed by atoms with van der Waals surface area (Å²) in [4.78, 5) is 42.8. The Kier molecular flexibility index (Phi) is 6.64. The third-order valence-electron chi connectivity index (χ3n) is 6.35. The number of carbonyl (C=O) groups is 3. The fourth-order valence-corrected chi connectivity index (χ4v) is 4.60. The van der Waals surface area contributed by atoms with Gasteiger partial charge in [-0.15, -0.1) is 0 Å². The lowest BCUT2D eigenvalue weighted by atomic mass is 9.86. The van der Waals surface area contributed by atoms with Crippen molar-refractivity contribution in [1.82, 2.24) is 14.9 Å². The van der Waals surface area contributed by atoms with Crippen molar-refractivity contribution in [3.05, 3.63) is 101 Å². The summed E-state index contributed by atoms with van der Waals surface area (Å²) in [6.45, 7) is -0.599. The number of nitrogens with one attached hydrogen (secondary N) is 1. The lowest BCUT2D eigenvalue weighted by molar-refractivity contribution is -0.123. The summed E-state index contributed by atoms with van der Waals surface area (Å²) in [6, 6.07) is 16.8. The van der Waals surface area contributed by atoms with Gasteiger partial charge in [-0.3, -0.25) is 14.9 Å². The van der Waals surface area contributed by atoms with Crippen molar-refractivity contribution in [1.29, 1.82) is 0 Å². The molecule has 1 aliphatic rings. The van der Waals surface area contributed by atoms with Crippen LogP contribution in [0, 0.1) is 5.82 Å². The van der Waals surface area contributed by atoms with Crippen molar-refractivity contribution in [2.75, 3.05) is 6.61 Å². The summed E-state index contributed by atoms with van der Waals surface area (Å²) in [5, 5.41) is 2.88. The normalized spacial score (nSPS) is 13.8. The van der Waals surface area contributed by atoms with Gasteiger partial charge in [-0.2, -0.15) is 0 Å². The molecule has 0 bridgehead atoms. The third-order valence-corrected chi connectivity index (χ3v) is 6.35. The number of amides is 2. The van der Waals surface area contributed by atoms with Gasteiger partial charge < -0.3 is 9.30 Å². The van der Waals surface area contributed by atoms with Crippen LogP contribution in [0.2, 0.25) is 0 Å². The number of hydrogen-bond donors (Lipinski definition) is 1. The lowest BCUT2D eigenvalue weighted by Gasteiger charge is -2.22. The Morgan fingerprint density at radius 3 is 2.59 bits per heavy atom. The van der Waals surface area contributed by atoms with E-state index < -0.39 is 24.4 Å². The van der Waals surface area contributed by atoms with Gasteiger partial charge >= 0.3 is 5.97 Å². The van der Waals surface area contributed by atoms with Gasteiger partial charge in [0.15, 0.2) is 6.61 Å². The zero-order valence-corrected chi connectivity index (χ0v) is 20.2. The first kappa shape index (κ1) is 24.1. The van der Waals surface area contributed by atoms with Gasteiger partial charge in [0.05, 0.1) is 16.8 Å². The quantitative estimate of drug-likeness (QED) is 0.404.